The van der Waals surface area contributed by atoms with Gasteiger partial charge in [-0.05, 0) is 92.0 Å². The van der Waals surface area contributed by atoms with Crippen LogP contribution in [0, 0.1) is 29.6 Å². The molecule has 37 heteroatoms. The van der Waals surface area contributed by atoms with Gasteiger partial charge in [0.2, 0.25) is 47.3 Å². The number of hydrogen-bond donors (Lipinski definition) is 10. The van der Waals surface area contributed by atoms with Gasteiger partial charge in [-0.1, -0.05) is 116 Å². The number of amides is 11. The monoisotopic (exact) mass is 1730 g/mol. The van der Waals surface area contributed by atoms with Crippen molar-refractivity contribution in [2.24, 2.45) is 35.3 Å². The molecule has 121 heavy (non-hydrogen) atoms. The third-order valence-corrected chi connectivity index (χ3v) is 21.4. The highest BCUT2D eigenvalue weighted by Gasteiger charge is 2.44. The molecule has 10 N–H and O–H groups in total. The summed E-state index contributed by atoms with van der Waals surface area (Å²) in [4.78, 5) is 140. The molecule has 0 saturated carbocycles. The Hall–Kier alpha value is -8.21. The number of ether oxygens (including phenoxy) is 11. The van der Waals surface area contributed by atoms with E-state index in [4.69, 9.17) is 57.8 Å². The molecule has 0 spiro atoms. The number of rotatable bonds is 63. The Morgan fingerprint density at radius 2 is 1.19 bits per heavy atom. The molecule has 3 aromatic rings. The Balaban J connectivity index is 1.18. The number of carbonyl (C=O) groups is 10. The minimum atomic E-state index is -1.13. The number of carbonyl (C=O) groups excluding carboxylic acids is 10. The summed E-state index contributed by atoms with van der Waals surface area (Å²) in [5.41, 5.74) is 7.48. The van der Waals surface area contributed by atoms with Gasteiger partial charge in [-0.15, -0.1) is 5.10 Å². The van der Waals surface area contributed by atoms with E-state index in [-0.39, 0.29) is 99.8 Å². The second kappa shape index (κ2) is 58.8. The summed E-state index contributed by atoms with van der Waals surface area (Å²) < 4.78 is 64.1. The lowest BCUT2D eigenvalue weighted by Gasteiger charge is -2.41. The largest absolute Gasteiger partial charge is 0.445 e. The molecule has 2 heterocycles. The summed E-state index contributed by atoms with van der Waals surface area (Å²) in [6, 6.07) is 8.68. The first-order valence-electron chi connectivity index (χ1n) is 42.1. The van der Waals surface area contributed by atoms with Gasteiger partial charge in [0, 0.05) is 65.8 Å². The van der Waals surface area contributed by atoms with E-state index in [9.17, 15) is 53.1 Å². The highest BCUT2D eigenvalue weighted by atomic mass is 32.2. The molecule has 1 fully saturated rings. The van der Waals surface area contributed by atoms with Crippen LogP contribution in [0.1, 0.15) is 144 Å². The number of aliphatic hydroxyl groups is 1. The Morgan fingerprint density at radius 3 is 1.74 bits per heavy atom. The number of primary amides is 1. The molecule has 1 aliphatic heterocycles. The van der Waals surface area contributed by atoms with E-state index in [0.717, 1.165) is 5.88 Å². The summed E-state index contributed by atoms with van der Waals surface area (Å²) in [6.45, 7) is 24.3. The Morgan fingerprint density at radius 1 is 0.620 bits per heavy atom. The van der Waals surface area contributed by atoms with Crippen LogP contribution >= 0.6 is 10.9 Å². The SMILES string of the molecule is CC[C@H](C)[C@@H]([C@@H](CC(=O)N1CCC[C@H]1[C@H](OC)[C@@H](C)C(=O)N[C@H](C)[C@@H](O)c1ccccc1)OC)N(C)C(=O)[C@@H](NC(=O)[C@H](C(C)C)N(C)C(=O)OCc1ccc(NC(=O)[C@H](CCCNC(N)=O)NC(=O)[C@@H](NC(=O)CCOCCOCCOCCOCc2cn(CCOCCOCCOCCOCCC(=O)NC[SH](C)C)nn2)C(C)C)cc1)C(C)C. The summed E-state index contributed by atoms with van der Waals surface area (Å²) in [7, 11) is 5.92. The molecule has 1 saturated heterocycles. The lowest BCUT2D eigenvalue weighted by molar-refractivity contribution is -0.148. The first kappa shape index (κ1) is 105. The Kier molecular flexibility index (Phi) is 51.1. The molecule has 1 aliphatic rings. The summed E-state index contributed by atoms with van der Waals surface area (Å²) in [5, 5.41) is 38.8. The first-order valence-corrected chi connectivity index (χ1v) is 44.6. The fourth-order valence-corrected chi connectivity index (χ4v) is 14.1. The van der Waals surface area contributed by atoms with Crippen LogP contribution in [0.15, 0.2) is 60.8 Å². The Bertz CT molecular complexity index is 3520. The maximum Gasteiger partial charge on any atom is 0.410 e. The fraction of sp³-hybridized carbons (Fsp3) is 0.714. The number of likely N-dealkylation sites (tertiary alicyclic amines) is 1. The van der Waals surface area contributed by atoms with E-state index in [0.29, 0.717) is 141 Å². The summed E-state index contributed by atoms with van der Waals surface area (Å²) in [5.74, 6) is -4.69. The van der Waals surface area contributed by atoms with Crippen LogP contribution in [-0.4, -0.2) is 308 Å². The van der Waals surface area contributed by atoms with Crippen molar-refractivity contribution in [3.63, 3.8) is 0 Å². The van der Waals surface area contributed by atoms with Crippen LogP contribution in [0.5, 0.6) is 0 Å². The number of hydrogen-bond acceptors (Lipinski definition) is 24. The predicted octanol–water partition coefficient (Wildman–Crippen LogP) is 4.63. The molecule has 11 amide bonds. The minimum Gasteiger partial charge on any atom is -0.445 e. The van der Waals surface area contributed by atoms with Gasteiger partial charge in [-0.3, -0.25) is 43.3 Å². The molecule has 0 aliphatic carbocycles. The number of nitrogens with two attached hydrogens (primary N) is 1. The molecule has 12 atom stereocenters. The van der Waals surface area contributed by atoms with Crippen molar-refractivity contribution in [3.8, 4) is 0 Å². The molecule has 0 radical (unpaired) electrons. The maximum atomic E-state index is 14.9. The quantitative estimate of drug-likeness (QED) is 0.0272. The highest BCUT2D eigenvalue weighted by Crippen LogP contribution is 2.31. The number of nitrogens with one attached hydrogen (secondary N) is 7. The van der Waals surface area contributed by atoms with Gasteiger partial charge in [0.1, 0.15) is 36.5 Å². The zero-order chi connectivity index (χ0) is 89.3. The topological polar surface area (TPSA) is 443 Å². The standard InChI is InChI=1S/C84H142N14O22S/c1-17-59(8)75(68(110-13)51-71(101)98-34-22-26-67(98)77(111-14)60(9)78(103)88-61(10)76(102)63-23-19-18-20-24-63)95(11)82(107)73(57(4)5)92-81(106)74(58(6)7)96(12)84(109)120-53-62-27-29-64(30-28-62)89-79(104)66(25-21-33-86-83(85)108)90-80(105)72(56(2)3)91-70(100)32-37-113-40-43-116-47-48-118-49-50-119-54-65-52-97(94-93-65)35-38-114-41-44-117-46-45-115-42-39-112-36-31-69(99)87-55-121(15)16/h18-20,23-24,27-30,52,56-61,66-68,72-77,102,121H,17,21-22,25-26,31-51,53-55H2,1-16H3,(H,87,99)(H,88,103)(H,89,104)(H,90,105)(H,91,100)(H,92,106)(H3,85,86,108)/t59-,60+,61+,66-,67-,68+,72-,73-,74-,75-,76+,77+/m0/s1. The molecular formula is C84H142N14O22S. The average molecular weight is 1730 g/mol. The highest BCUT2D eigenvalue weighted by molar-refractivity contribution is 8.15. The second-order valence-electron chi connectivity index (χ2n) is 31.4. The van der Waals surface area contributed by atoms with Crippen LogP contribution < -0.4 is 43.0 Å². The van der Waals surface area contributed by atoms with E-state index < -0.39 is 126 Å². The number of urea groups is 1. The molecule has 4 rings (SSSR count). The van der Waals surface area contributed by atoms with Crippen LogP contribution in [0.4, 0.5) is 15.3 Å². The third-order valence-electron chi connectivity index (χ3n) is 20.6. The molecule has 2 aromatic carbocycles. The zero-order valence-corrected chi connectivity index (χ0v) is 75.1. The smallest absolute Gasteiger partial charge is 0.410 e. The van der Waals surface area contributed by atoms with Crippen molar-refractivity contribution in [3.05, 3.63) is 77.6 Å². The van der Waals surface area contributed by atoms with Gasteiger partial charge in [0.25, 0.3) is 0 Å². The van der Waals surface area contributed by atoms with Gasteiger partial charge >= 0.3 is 12.1 Å². The molecule has 36 nitrogen and oxygen atoms in total. The first-order chi connectivity index (χ1) is 57.8. The van der Waals surface area contributed by atoms with Crippen molar-refractivity contribution >= 4 is 76.0 Å². The summed E-state index contributed by atoms with van der Waals surface area (Å²) >= 11 is 0. The van der Waals surface area contributed by atoms with E-state index in [1.54, 1.807) is 120 Å². The predicted molar refractivity (Wildman–Crippen MR) is 458 cm³/mol. The average Bonchev–Trinajstić information content (AvgIpc) is 1.80. The molecular weight excluding hydrogens is 1590 g/mol. The van der Waals surface area contributed by atoms with Crippen molar-refractivity contribution in [2.75, 3.05) is 164 Å². The van der Waals surface area contributed by atoms with Crippen LogP contribution in [0.2, 0.25) is 0 Å². The van der Waals surface area contributed by atoms with E-state index in [1.165, 1.54) is 26.2 Å². The number of likely N-dealkylation sites (N-methyl/N-ethyl adjacent to an activating group) is 2. The van der Waals surface area contributed by atoms with E-state index >= 15 is 0 Å². The fourth-order valence-electron chi connectivity index (χ4n) is 13.6. The molecule has 0 bridgehead atoms. The van der Waals surface area contributed by atoms with Crippen molar-refractivity contribution in [1.82, 2.24) is 61.6 Å². The van der Waals surface area contributed by atoms with Crippen molar-refractivity contribution in [2.45, 2.75) is 201 Å². The lowest BCUT2D eigenvalue weighted by Crippen LogP contribution is -2.60. The van der Waals surface area contributed by atoms with Crippen LogP contribution in [0.3, 0.4) is 0 Å². The Labute approximate surface area is 717 Å². The second-order valence-corrected chi connectivity index (χ2v) is 33.9. The number of anilines is 1. The number of benzene rings is 2. The normalized spacial score (nSPS) is 15.7. The van der Waals surface area contributed by atoms with Gasteiger partial charge in [0.05, 0.1) is 167 Å². The van der Waals surface area contributed by atoms with Gasteiger partial charge < -0.3 is 110 Å². The third kappa shape index (κ3) is 39.5. The minimum absolute atomic E-state index is 0.00119. The molecule has 686 valence electrons. The van der Waals surface area contributed by atoms with E-state index in [1.807, 2.05) is 32.0 Å². The summed E-state index contributed by atoms with van der Waals surface area (Å²) in [6.07, 6.45) is 5.15. The zero-order valence-electron chi connectivity index (χ0n) is 74.2. The van der Waals surface area contributed by atoms with Gasteiger partial charge in [-0.25, -0.2) is 25.2 Å². The number of thiol groups is 1. The number of aromatic nitrogens is 3. The van der Waals surface area contributed by atoms with E-state index in [2.05, 4.69) is 60.0 Å². The van der Waals surface area contributed by atoms with Gasteiger partial charge in [0.15, 0.2) is 0 Å². The molecule has 0 unspecified atom stereocenters. The van der Waals surface area contributed by atoms with Crippen molar-refractivity contribution in [1.29, 1.82) is 0 Å². The van der Waals surface area contributed by atoms with Crippen LogP contribution in [0.25, 0.3) is 0 Å². The number of nitrogens with zero attached hydrogens (tertiary/aromatic N) is 6. The lowest BCUT2D eigenvalue weighted by atomic mass is 9.89. The molecule has 1 aromatic heterocycles. The number of aliphatic hydroxyl groups excluding tert-OH is 1. The van der Waals surface area contributed by atoms with Crippen molar-refractivity contribution < 1.29 is 105 Å². The van der Waals surface area contributed by atoms with Crippen LogP contribution in [-0.2, 0) is 110 Å². The van der Waals surface area contributed by atoms with Gasteiger partial charge in [-0.2, -0.15) is 0 Å². The maximum absolute atomic E-state index is 14.9. The number of methoxy groups -OCH3 is 2.